The van der Waals surface area contributed by atoms with E-state index in [1.807, 2.05) is 6.92 Å². The molecule has 1 rings (SSSR count). The summed E-state index contributed by atoms with van der Waals surface area (Å²) in [6, 6.07) is 0. The van der Waals surface area contributed by atoms with Gasteiger partial charge in [-0.1, -0.05) is 70.4 Å². The molecule has 3 heteroatoms. The van der Waals surface area contributed by atoms with Gasteiger partial charge in [-0.25, -0.2) is 4.99 Å². The van der Waals surface area contributed by atoms with Crippen molar-refractivity contribution in [1.82, 2.24) is 0 Å². The number of likely N-dealkylation sites (N-methyl/N-ethyl adjacent to an activating group) is 1. The van der Waals surface area contributed by atoms with Crippen LogP contribution in [0.1, 0.15) is 111 Å². The summed E-state index contributed by atoms with van der Waals surface area (Å²) in [5, 5.41) is 10.2. The molecule has 0 aromatic rings. The van der Waals surface area contributed by atoms with Gasteiger partial charge in [0.1, 0.15) is 6.54 Å². The zero-order chi connectivity index (χ0) is 19.8. The largest absolute Gasteiger partial charge is 0.345 e. The van der Waals surface area contributed by atoms with Crippen LogP contribution in [0, 0.1) is 0 Å². The fourth-order valence-corrected chi connectivity index (χ4v) is 4.29. The molecule has 27 heavy (non-hydrogen) atoms. The molecule has 0 saturated heterocycles. The summed E-state index contributed by atoms with van der Waals surface area (Å²) in [6.45, 7) is 9.20. The van der Waals surface area contributed by atoms with Crippen LogP contribution in [0.5, 0.6) is 0 Å². The van der Waals surface area contributed by atoms with Crippen LogP contribution in [0.25, 0.3) is 0 Å². The average Bonchev–Trinajstić information content (AvgIpc) is 3.09. The van der Waals surface area contributed by atoms with Gasteiger partial charge in [0.25, 0.3) is 0 Å². The second-order valence-corrected chi connectivity index (χ2v) is 8.34. The normalized spacial score (nSPS) is 21.1. The number of amidine groups is 1. The molecule has 0 radical (unpaired) electrons. The molecule has 1 heterocycles. The fourth-order valence-electron chi connectivity index (χ4n) is 4.29. The molecular formula is C24H47N2O+. The predicted octanol–water partition coefficient (Wildman–Crippen LogP) is 6.61. The Bertz CT molecular complexity index is 417. The van der Waals surface area contributed by atoms with E-state index in [4.69, 9.17) is 4.99 Å². The topological polar surface area (TPSA) is 32.6 Å². The summed E-state index contributed by atoms with van der Waals surface area (Å²) >= 11 is 0. The summed E-state index contributed by atoms with van der Waals surface area (Å²) < 4.78 is 0.710. The molecule has 0 aromatic heterocycles. The molecule has 3 nitrogen and oxygen atoms in total. The van der Waals surface area contributed by atoms with Gasteiger partial charge in [-0.3, -0.25) is 4.48 Å². The van der Waals surface area contributed by atoms with Crippen molar-refractivity contribution in [2.75, 3.05) is 19.6 Å². The van der Waals surface area contributed by atoms with Crippen molar-refractivity contribution in [3.05, 3.63) is 12.2 Å². The smallest absolute Gasteiger partial charge is 0.200 e. The van der Waals surface area contributed by atoms with Gasteiger partial charge in [-0.05, 0) is 39.0 Å². The summed E-state index contributed by atoms with van der Waals surface area (Å²) in [5.41, 5.74) is 0. The van der Waals surface area contributed by atoms with E-state index in [1.54, 1.807) is 0 Å². The highest BCUT2D eigenvalue weighted by Crippen LogP contribution is 2.22. The van der Waals surface area contributed by atoms with E-state index in [1.165, 1.54) is 89.3 Å². The van der Waals surface area contributed by atoms with Crippen LogP contribution >= 0.6 is 0 Å². The van der Waals surface area contributed by atoms with Crippen molar-refractivity contribution in [1.29, 1.82) is 0 Å². The van der Waals surface area contributed by atoms with Gasteiger partial charge in [0, 0.05) is 13.3 Å². The SMILES string of the molecule is CCCCCCCCC/C=C/CCCCCCC1=NCC[N+]1(CC)C(C)O. The summed E-state index contributed by atoms with van der Waals surface area (Å²) in [6.07, 6.45) is 23.0. The molecule has 0 bridgehead atoms. The summed E-state index contributed by atoms with van der Waals surface area (Å²) in [4.78, 5) is 4.70. The molecule has 0 fully saturated rings. The molecule has 1 aliphatic rings. The highest BCUT2D eigenvalue weighted by Gasteiger charge is 2.40. The van der Waals surface area contributed by atoms with Crippen LogP contribution in [0.4, 0.5) is 0 Å². The maximum Gasteiger partial charge on any atom is 0.200 e. The molecule has 1 aliphatic heterocycles. The second kappa shape index (κ2) is 15.3. The molecule has 0 amide bonds. The van der Waals surface area contributed by atoms with E-state index in [-0.39, 0.29) is 6.23 Å². The first-order valence-electron chi connectivity index (χ1n) is 11.9. The number of allylic oxidation sites excluding steroid dienone is 2. The van der Waals surface area contributed by atoms with Gasteiger partial charge in [0.05, 0.1) is 13.1 Å². The Labute approximate surface area is 169 Å². The number of aliphatic hydroxyl groups excluding tert-OH is 1. The molecule has 2 atom stereocenters. The average molecular weight is 380 g/mol. The highest BCUT2D eigenvalue weighted by molar-refractivity contribution is 5.76. The predicted molar refractivity (Wildman–Crippen MR) is 119 cm³/mol. The molecule has 0 saturated carbocycles. The molecule has 1 N–H and O–H groups in total. The number of nitrogens with zero attached hydrogens (tertiary/aromatic N) is 2. The molecule has 2 unspecified atom stereocenters. The number of quaternary nitrogens is 1. The monoisotopic (exact) mass is 379 g/mol. The Hall–Kier alpha value is -0.670. The first-order valence-corrected chi connectivity index (χ1v) is 11.9. The Balaban J connectivity index is 1.96. The highest BCUT2D eigenvalue weighted by atomic mass is 16.3. The Morgan fingerprint density at radius 1 is 0.889 bits per heavy atom. The lowest BCUT2D eigenvalue weighted by atomic mass is 10.1. The molecule has 0 spiro atoms. The van der Waals surface area contributed by atoms with Crippen LogP contribution in [-0.4, -0.2) is 41.3 Å². The van der Waals surface area contributed by atoms with Crippen LogP contribution < -0.4 is 0 Å². The molecule has 0 aliphatic carbocycles. The summed E-state index contributed by atoms with van der Waals surface area (Å²) in [7, 11) is 0. The maximum absolute atomic E-state index is 10.2. The number of hydrogen-bond acceptors (Lipinski definition) is 2. The van der Waals surface area contributed by atoms with Gasteiger partial charge in [-0.2, -0.15) is 0 Å². The van der Waals surface area contributed by atoms with E-state index in [0.717, 1.165) is 26.1 Å². The van der Waals surface area contributed by atoms with Crippen LogP contribution in [0.2, 0.25) is 0 Å². The first-order chi connectivity index (χ1) is 13.2. The minimum Gasteiger partial charge on any atom is -0.345 e. The second-order valence-electron chi connectivity index (χ2n) is 8.34. The number of unbranched alkanes of at least 4 members (excludes halogenated alkanes) is 11. The van der Waals surface area contributed by atoms with Gasteiger partial charge < -0.3 is 5.11 Å². The van der Waals surface area contributed by atoms with E-state index >= 15 is 0 Å². The molecule has 158 valence electrons. The van der Waals surface area contributed by atoms with Crippen molar-refractivity contribution in [3.8, 4) is 0 Å². The maximum atomic E-state index is 10.2. The lowest BCUT2D eigenvalue weighted by Gasteiger charge is -2.36. The minimum absolute atomic E-state index is 0.322. The quantitative estimate of drug-likeness (QED) is 0.172. The van der Waals surface area contributed by atoms with Crippen LogP contribution in [0.15, 0.2) is 17.1 Å². The third-order valence-corrected chi connectivity index (χ3v) is 6.25. The van der Waals surface area contributed by atoms with E-state index in [2.05, 4.69) is 26.0 Å². The Morgan fingerprint density at radius 3 is 2.00 bits per heavy atom. The Morgan fingerprint density at radius 2 is 1.44 bits per heavy atom. The Kier molecular flexibility index (Phi) is 13.8. The zero-order valence-corrected chi connectivity index (χ0v) is 18.6. The van der Waals surface area contributed by atoms with Gasteiger partial charge in [-0.15, -0.1) is 0 Å². The third kappa shape index (κ3) is 9.38. The molecule has 0 aromatic carbocycles. The van der Waals surface area contributed by atoms with Crippen molar-refractivity contribution in [2.45, 2.75) is 117 Å². The van der Waals surface area contributed by atoms with Gasteiger partial charge in [0.15, 0.2) is 6.23 Å². The third-order valence-electron chi connectivity index (χ3n) is 6.25. The van der Waals surface area contributed by atoms with Crippen molar-refractivity contribution in [2.24, 2.45) is 4.99 Å². The number of hydrogen-bond donors (Lipinski definition) is 1. The molecular weight excluding hydrogens is 332 g/mol. The fraction of sp³-hybridized carbons (Fsp3) is 0.875. The van der Waals surface area contributed by atoms with Crippen molar-refractivity contribution < 1.29 is 9.59 Å². The van der Waals surface area contributed by atoms with E-state index in [0.29, 0.717) is 4.48 Å². The summed E-state index contributed by atoms with van der Waals surface area (Å²) in [5.74, 6) is 1.24. The van der Waals surface area contributed by atoms with Crippen LogP contribution in [0.3, 0.4) is 0 Å². The van der Waals surface area contributed by atoms with Crippen molar-refractivity contribution >= 4 is 5.84 Å². The minimum atomic E-state index is -0.322. The lowest BCUT2D eigenvalue weighted by molar-refractivity contribution is -0.882. The zero-order valence-electron chi connectivity index (χ0n) is 18.6. The number of aliphatic hydroxyl groups is 1. The number of rotatable bonds is 17. The van der Waals surface area contributed by atoms with Gasteiger partial charge in [0.2, 0.25) is 5.84 Å². The standard InChI is InChI=1S/C24H47N2O/c1-4-6-7-8-9-10-11-12-13-14-15-16-17-18-19-20-24-25-21-22-26(24,5-2)23(3)27/h13-14,23,27H,4-12,15-22H2,1-3H3/q+1/b14-13+. The number of aliphatic imine (C=N–C) groups is 1. The first kappa shape index (κ1) is 24.4. The van der Waals surface area contributed by atoms with Gasteiger partial charge >= 0.3 is 0 Å². The lowest BCUT2D eigenvalue weighted by Crippen LogP contribution is -2.56. The van der Waals surface area contributed by atoms with E-state index < -0.39 is 0 Å². The van der Waals surface area contributed by atoms with Crippen LogP contribution in [-0.2, 0) is 0 Å². The van der Waals surface area contributed by atoms with Crippen molar-refractivity contribution in [3.63, 3.8) is 0 Å². The van der Waals surface area contributed by atoms with E-state index in [9.17, 15) is 5.11 Å².